The maximum absolute atomic E-state index is 12.4. The Morgan fingerprint density at radius 2 is 2.08 bits per heavy atom. The molecule has 1 saturated heterocycles. The fourth-order valence-electron chi connectivity index (χ4n) is 3.65. The standard InChI is InChI=1S/C18H24N4O4/c1-18(2,3)26-17(24)21-7-8-22-11(9-21)10-25-15-13(22)6-5-12-14(15)20(4)16(23)19-12/h5-6,11H,7-10H2,1-4H3,(H,19,23)/t11-/m0/s1. The van der Waals surface area contributed by atoms with Gasteiger partial charge < -0.3 is 24.3 Å². The van der Waals surface area contributed by atoms with Crippen LogP contribution < -0.4 is 15.3 Å². The van der Waals surface area contributed by atoms with Crippen molar-refractivity contribution in [2.45, 2.75) is 32.4 Å². The summed E-state index contributed by atoms with van der Waals surface area (Å²) in [7, 11) is 1.73. The minimum Gasteiger partial charge on any atom is -0.487 e. The van der Waals surface area contributed by atoms with Gasteiger partial charge in [-0.2, -0.15) is 0 Å². The Kier molecular flexibility index (Phi) is 3.68. The molecule has 1 fully saturated rings. The number of nitrogens with one attached hydrogen (secondary N) is 1. The zero-order valence-electron chi connectivity index (χ0n) is 15.5. The van der Waals surface area contributed by atoms with E-state index < -0.39 is 5.60 Å². The van der Waals surface area contributed by atoms with E-state index in [0.717, 1.165) is 22.5 Å². The molecule has 1 N–H and O–H groups in total. The molecule has 1 aromatic carbocycles. The van der Waals surface area contributed by atoms with E-state index in [0.29, 0.717) is 26.2 Å². The molecule has 0 aliphatic carbocycles. The Balaban J connectivity index is 1.60. The smallest absolute Gasteiger partial charge is 0.410 e. The number of ether oxygens (including phenoxy) is 2. The number of imidazole rings is 1. The Morgan fingerprint density at radius 1 is 1.31 bits per heavy atom. The maximum Gasteiger partial charge on any atom is 0.410 e. The summed E-state index contributed by atoms with van der Waals surface area (Å²) in [5, 5.41) is 0. The molecule has 8 heteroatoms. The van der Waals surface area contributed by atoms with Crippen LogP contribution in [0, 0.1) is 0 Å². The summed E-state index contributed by atoms with van der Waals surface area (Å²) in [5.41, 5.74) is 1.85. The molecule has 0 unspecified atom stereocenters. The summed E-state index contributed by atoms with van der Waals surface area (Å²) in [6, 6.07) is 3.95. The molecule has 8 nitrogen and oxygen atoms in total. The minimum absolute atomic E-state index is 0.0668. The lowest BCUT2D eigenvalue weighted by atomic mass is 10.1. The van der Waals surface area contributed by atoms with Crippen LogP contribution in [0.3, 0.4) is 0 Å². The number of hydrogen-bond donors (Lipinski definition) is 1. The number of hydrogen-bond acceptors (Lipinski definition) is 5. The van der Waals surface area contributed by atoms with Crippen molar-refractivity contribution in [1.82, 2.24) is 14.5 Å². The van der Waals surface area contributed by atoms with Crippen molar-refractivity contribution in [1.29, 1.82) is 0 Å². The number of benzene rings is 1. The van der Waals surface area contributed by atoms with E-state index in [1.54, 1.807) is 16.5 Å². The third-order valence-electron chi connectivity index (χ3n) is 4.86. The van der Waals surface area contributed by atoms with E-state index in [4.69, 9.17) is 9.47 Å². The largest absolute Gasteiger partial charge is 0.487 e. The first-order valence-corrected chi connectivity index (χ1v) is 8.83. The van der Waals surface area contributed by atoms with Crippen LogP contribution >= 0.6 is 0 Å². The van der Waals surface area contributed by atoms with E-state index in [2.05, 4.69) is 9.88 Å². The summed E-state index contributed by atoms with van der Waals surface area (Å²) >= 11 is 0. The topological polar surface area (TPSA) is 79.8 Å². The zero-order chi connectivity index (χ0) is 18.6. The average molecular weight is 360 g/mol. The van der Waals surface area contributed by atoms with Gasteiger partial charge in [-0.25, -0.2) is 9.59 Å². The summed E-state index contributed by atoms with van der Waals surface area (Å²) in [5.74, 6) is 0.727. The molecule has 3 heterocycles. The van der Waals surface area contributed by atoms with Crippen molar-refractivity contribution in [3.8, 4) is 5.75 Å². The molecule has 1 aromatic heterocycles. The second kappa shape index (κ2) is 5.69. The highest BCUT2D eigenvalue weighted by Crippen LogP contribution is 2.40. The first kappa shape index (κ1) is 16.8. The third-order valence-corrected chi connectivity index (χ3v) is 4.86. The van der Waals surface area contributed by atoms with Gasteiger partial charge in [-0.15, -0.1) is 0 Å². The number of aryl methyl sites for hydroxylation is 1. The number of aromatic nitrogens is 2. The fourth-order valence-corrected chi connectivity index (χ4v) is 3.65. The van der Waals surface area contributed by atoms with E-state index in [-0.39, 0.29) is 17.8 Å². The number of amides is 1. The van der Waals surface area contributed by atoms with Crippen molar-refractivity contribution in [3.63, 3.8) is 0 Å². The van der Waals surface area contributed by atoms with Gasteiger partial charge in [-0.1, -0.05) is 0 Å². The van der Waals surface area contributed by atoms with Gasteiger partial charge in [0.05, 0.1) is 17.2 Å². The molecule has 2 aliphatic heterocycles. The number of carbonyl (C=O) groups excluding carboxylic acids is 1. The molecular formula is C18H24N4O4. The predicted octanol–water partition coefficient (Wildman–Crippen LogP) is 1.68. The van der Waals surface area contributed by atoms with Crippen molar-refractivity contribution in [3.05, 3.63) is 22.6 Å². The normalized spacial score (nSPS) is 19.8. The Labute approximate surface area is 151 Å². The average Bonchev–Trinajstić information content (AvgIpc) is 2.87. The van der Waals surface area contributed by atoms with E-state index >= 15 is 0 Å². The number of fused-ring (bicyclic) bond motifs is 5. The number of nitrogens with zero attached hydrogens (tertiary/aromatic N) is 3. The van der Waals surface area contributed by atoms with Crippen LogP contribution in [0.1, 0.15) is 20.8 Å². The molecule has 0 bridgehead atoms. The number of carbonyl (C=O) groups is 1. The van der Waals surface area contributed by atoms with Crippen molar-refractivity contribution in [2.24, 2.45) is 7.05 Å². The summed E-state index contributed by atoms with van der Waals surface area (Å²) in [4.78, 5) is 31.1. The van der Waals surface area contributed by atoms with E-state index in [1.807, 2.05) is 32.9 Å². The lowest BCUT2D eigenvalue weighted by molar-refractivity contribution is 0.0195. The Bertz CT molecular complexity index is 924. The number of rotatable bonds is 0. The van der Waals surface area contributed by atoms with Gasteiger partial charge in [-0.3, -0.25) is 4.57 Å². The van der Waals surface area contributed by atoms with Crippen LogP contribution in [0.25, 0.3) is 11.0 Å². The lowest BCUT2D eigenvalue weighted by Crippen LogP contribution is -2.59. The monoisotopic (exact) mass is 360 g/mol. The molecule has 26 heavy (non-hydrogen) atoms. The molecule has 2 aromatic rings. The van der Waals surface area contributed by atoms with E-state index in [9.17, 15) is 9.59 Å². The molecular weight excluding hydrogens is 336 g/mol. The number of H-pyrrole nitrogens is 1. The molecule has 140 valence electrons. The molecule has 0 radical (unpaired) electrons. The van der Waals surface area contributed by atoms with Gasteiger partial charge in [-0.05, 0) is 32.9 Å². The summed E-state index contributed by atoms with van der Waals surface area (Å²) in [6.45, 7) is 7.91. The first-order valence-electron chi connectivity index (χ1n) is 8.83. The fraction of sp³-hybridized carbons (Fsp3) is 0.556. The maximum atomic E-state index is 12.4. The summed E-state index contributed by atoms with van der Waals surface area (Å²) < 4.78 is 13.1. The molecule has 0 spiro atoms. The van der Waals surface area contributed by atoms with Crippen molar-refractivity contribution in [2.75, 3.05) is 31.1 Å². The van der Waals surface area contributed by atoms with Gasteiger partial charge >= 0.3 is 11.8 Å². The Hall–Kier alpha value is -2.64. The van der Waals surface area contributed by atoms with Crippen LogP contribution in [0.4, 0.5) is 10.5 Å². The SMILES string of the molecule is Cn1c(=O)[nH]c2ccc3c(c21)OC[C@@H]1CN(C(=O)OC(C)(C)C)CCN31. The number of piperazine rings is 1. The van der Waals surface area contributed by atoms with Crippen LogP contribution in [0.15, 0.2) is 16.9 Å². The lowest BCUT2D eigenvalue weighted by Gasteiger charge is -2.45. The third kappa shape index (κ3) is 2.69. The molecule has 1 amide bonds. The van der Waals surface area contributed by atoms with Gasteiger partial charge in [0.2, 0.25) is 0 Å². The molecule has 2 aliphatic rings. The van der Waals surface area contributed by atoms with Gasteiger partial charge in [0.25, 0.3) is 0 Å². The quantitative estimate of drug-likeness (QED) is 0.773. The van der Waals surface area contributed by atoms with Crippen LogP contribution in [-0.2, 0) is 11.8 Å². The number of anilines is 1. The molecule has 1 atom stereocenters. The second-order valence-corrected chi connectivity index (χ2v) is 7.88. The number of aromatic amines is 1. The first-order chi connectivity index (χ1) is 12.2. The molecule has 4 rings (SSSR count). The van der Waals surface area contributed by atoms with Gasteiger partial charge in [0.1, 0.15) is 17.7 Å². The van der Waals surface area contributed by atoms with Crippen molar-refractivity contribution < 1.29 is 14.3 Å². The van der Waals surface area contributed by atoms with E-state index in [1.165, 1.54) is 0 Å². The zero-order valence-corrected chi connectivity index (χ0v) is 15.5. The minimum atomic E-state index is -0.505. The van der Waals surface area contributed by atoms with Crippen LogP contribution in [0.2, 0.25) is 0 Å². The van der Waals surface area contributed by atoms with Crippen LogP contribution in [-0.4, -0.2) is 58.4 Å². The highest BCUT2D eigenvalue weighted by atomic mass is 16.6. The summed E-state index contributed by atoms with van der Waals surface area (Å²) in [6.07, 6.45) is -0.286. The molecule has 0 saturated carbocycles. The highest BCUT2D eigenvalue weighted by molar-refractivity contribution is 5.89. The highest BCUT2D eigenvalue weighted by Gasteiger charge is 2.37. The van der Waals surface area contributed by atoms with Crippen LogP contribution in [0.5, 0.6) is 5.75 Å². The Morgan fingerprint density at radius 3 is 2.81 bits per heavy atom. The predicted molar refractivity (Wildman–Crippen MR) is 98.0 cm³/mol. The van der Waals surface area contributed by atoms with Crippen molar-refractivity contribution >= 4 is 22.8 Å². The van der Waals surface area contributed by atoms with Gasteiger partial charge in [0, 0.05) is 26.7 Å². The second-order valence-electron chi connectivity index (χ2n) is 7.88. The van der Waals surface area contributed by atoms with Gasteiger partial charge in [0.15, 0.2) is 5.75 Å².